The number of nitrogens with zero attached hydrogens (tertiary/aromatic N) is 2. The molecule has 0 aliphatic rings. The van der Waals surface area contributed by atoms with E-state index in [1.165, 1.54) is 68.9 Å². The molecule has 0 unspecified atom stereocenters. The highest BCUT2D eigenvalue weighted by atomic mass is 32.3. The van der Waals surface area contributed by atoms with Gasteiger partial charge in [0.15, 0.2) is 20.0 Å². The van der Waals surface area contributed by atoms with Crippen molar-refractivity contribution in [3.05, 3.63) is 4.13 Å². The Kier molecular flexibility index (Phi) is 13.8. The first kappa shape index (κ1) is 31.6. The van der Waals surface area contributed by atoms with Crippen molar-refractivity contribution >= 4 is 20.0 Å². The van der Waals surface area contributed by atoms with Crippen molar-refractivity contribution < 1.29 is 47.7 Å². The largest absolute Gasteiger partial charge is 0.480 e. The van der Waals surface area contributed by atoms with Gasteiger partial charge in [-0.1, -0.05) is 45.4 Å². The number of sulfonamides is 2. The van der Waals surface area contributed by atoms with E-state index in [1.807, 2.05) is 0 Å². The average molecular weight is 495 g/mol. The quantitative estimate of drug-likeness (QED) is 0.210. The summed E-state index contributed by atoms with van der Waals surface area (Å²) in [6.45, 7) is 7.18. The fourth-order valence-corrected chi connectivity index (χ4v) is 3.76. The molecular formula is C16H32F6N2O4S2. The number of hydrogen-bond acceptors (Lipinski definition) is 4. The molecule has 0 aromatic carbocycles. The van der Waals surface area contributed by atoms with Crippen molar-refractivity contribution in [1.29, 1.82) is 0 Å². The molecule has 0 rings (SSSR count). The molecule has 0 aliphatic heterocycles. The van der Waals surface area contributed by atoms with E-state index in [1.54, 1.807) is 0 Å². The van der Waals surface area contributed by atoms with Crippen LogP contribution in [0.5, 0.6) is 0 Å². The fraction of sp³-hybridized carbons (Fsp3) is 1.00. The van der Waals surface area contributed by atoms with Gasteiger partial charge in [0.25, 0.3) is 0 Å². The molecule has 0 aromatic rings. The maximum atomic E-state index is 11.4. The van der Waals surface area contributed by atoms with Crippen molar-refractivity contribution in [2.75, 3.05) is 27.2 Å². The minimum absolute atomic E-state index is 0.778. The molecule has 14 heteroatoms. The second-order valence-electron chi connectivity index (χ2n) is 7.37. The minimum atomic E-state index is -6.72. The van der Waals surface area contributed by atoms with Crippen molar-refractivity contribution in [3.8, 4) is 0 Å². The lowest BCUT2D eigenvalue weighted by Gasteiger charge is -2.28. The zero-order chi connectivity index (χ0) is 24.3. The highest BCUT2D eigenvalue weighted by molar-refractivity contribution is 8.13. The van der Waals surface area contributed by atoms with Crippen LogP contribution in [0.3, 0.4) is 0 Å². The summed E-state index contributed by atoms with van der Waals surface area (Å²) < 4.78 is 110. The smallest absolute Gasteiger partial charge is 0.421 e. The van der Waals surface area contributed by atoms with Gasteiger partial charge in [0.2, 0.25) is 0 Å². The molecule has 6 nitrogen and oxygen atoms in total. The molecule has 184 valence electrons. The Morgan fingerprint density at radius 3 is 1.30 bits per heavy atom. The molecular weight excluding hydrogens is 462 g/mol. The summed E-state index contributed by atoms with van der Waals surface area (Å²) in [6, 6.07) is 0. The van der Waals surface area contributed by atoms with E-state index in [0.717, 1.165) is 4.13 Å². The van der Waals surface area contributed by atoms with Gasteiger partial charge in [-0.3, -0.25) is 0 Å². The standard InChI is InChI=1S/C14H32N.C2F6NO4S2/c1-5-7-8-9-10-11-12-13-14-15(3,4)6-2;3-1(4,5)14(10,11)9-15(12,13)2(6,7)8/h5-14H2,1-4H3;/q+1;-1. The summed E-state index contributed by atoms with van der Waals surface area (Å²) in [7, 11) is -8.77. The maximum absolute atomic E-state index is 11.4. The molecule has 0 saturated heterocycles. The van der Waals surface area contributed by atoms with Crippen LogP contribution in [0.1, 0.15) is 65.2 Å². The molecule has 30 heavy (non-hydrogen) atoms. The molecule has 0 bridgehead atoms. The van der Waals surface area contributed by atoms with Gasteiger partial charge in [-0.25, -0.2) is 16.8 Å². The number of hydrogen-bond donors (Lipinski definition) is 0. The lowest BCUT2D eigenvalue weighted by molar-refractivity contribution is -0.888. The van der Waals surface area contributed by atoms with Crippen LogP contribution in [0.15, 0.2) is 0 Å². The van der Waals surface area contributed by atoms with E-state index in [9.17, 15) is 43.2 Å². The van der Waals surface area contributed by atoms with Crippen LogP contribution in [-0.4, -0.2) is 59.5 Å². The Balaban J connectivity index is 0. The van der Waals surface area contributed by atoms with Crippen LogP contribution in [0.4, 0.5) is 26.3 Å². The lowest BCUT2D eigenvalue weighted by atomic mass is 10.1. The van der Waals surface area contributed by atoms with E-state index < -0.39 is 31.1 Å². The summed E-state index contributed by atoms with van der Waals surface area (Å²) >= 11 is 0. The predicted octanol–water partition coefficient (Wildman–Crippen LogP) is 5.28. The first-order chi connectivity index (χ1) is 13.3. The zero-order valence-electron chi connectivity index (χ0n) is 17.7. The predicted molar refractivity (Wildman–Crippen MR) is 103 cm³/mol. The van der Waals surface area contributed by atoms with Crippen LogP contribution in [0, 0.1) is 0 Å². The first-order valence-electron chi connectivity index (χ1n) is 9.52. The van der Waals surface area contributed by atoms with Gasteiger partial charge in [-0.15, -0.1) is 0 Å². The third kappa shape index (κ3) is 13.7. The third-order valence-electron chi connectivity index (χ3n) is 4.25. The van der Waals surface area contributed by atoms with E-state index >= 15 is 0 Å². The van der Waals surface area contributed by atoms with Crippen molar-refractivity contribution in [1.82, 2.24) is 0 Å². The number of quaternary nitrogens is 1. The number of alkyl halides is 6. The Labute approximate surface area is 175 Å². The molecule has 0 N–H and O–H groups in total. The second-order valence-corrected chi connectivity index (χ2v) is 10.8. The van der Waals surface area contributed by atoms with Crippen molar-refractivity contribution in [2.24, 2.45) is 0 Å². The SMILES string of the molecule is CCCCCCCCCC[N+](C)(C)CC.O=S(=O)([N-]S(=O)(=O)C(F)(F)F)C(F)(F)F. The van der Waals surface area contributed by atoms with Gasteiger partial charge >= 0.3 is 11.0 Å². The van der Waals surface area contributed by atoms with Gasteiger partial charge < -0.3 is 8.61 Å². The van der Waals surface area contributed by atoms with E-state index in [-0.39, 0.29) is 0 Å². The van der Waals surface area contributed by atoms with Gasteiger partial charge in [-0.05, 0) is 19.8 Å². The monoisotopic (exact) mass is 494 g/mol. The van der Waals surface area contributed by atoms with Gasteiger partial charge in [0, 0.05) is 0 Å². The van der Waals surface area contributed by atoms with Gasteiger partial charge in [-0.2, -0.15) is 26.3 Å². The van der Waals surface area contributed by atoms with Crippen molar-refractivity contribution in [2.45, 2.75) is 76.2 Å². The average Bonchev–Trinajstić information content (AvgIpc) is 2.55. The Hall–Kier alpha value is -0.600. The Bertz CT molecular complexity index is 633. The molecule has 0 aliphatic carbocycles. The Morgan fingerprint density at radius 1 is 0.667 bits per heavy atom. The Morgan fingerprint density at radius 2 is 1.00 bits per heavy atom. The molecule has 0 saturated carbocycles. The molecule has 0 amide bonds. The first-order valence-corrected chi connectivity index (χ1v) is 12.4. The number of rotatable bonds is 12. The maximum Gasteiger partial charge on any atom is 0.480 e. The summed E-state index contributed by atoms with van der Waals surface area (Å²) in [5.74, 6) is 0. The van der Waals surface area contributed by atoms with Gasteiger partial charge in [0.1, 0.15) is 0 Å². The molecule has 0 spiro atoms. The van der Waals surface area contributed by atoms with Crippen LogP contribution < -0.4 is 0 Å². The van der Waals surface area contributed by atoms with Gasteiger partial charge in [0.05, 0.1) is 27.2 Å². The fourth-order valence-electron chi connectivity index (χ4n) is 2.05. The number of unbranched alkanes of at least 4 members (excludes halogenated alkanes) is 7. The molecule has 0 atom stereocenters. The zero-order valence-corrected chi connectivity index (χ0v) is 19.3. The number of halogens is 6. The van der Waals surface area contributed by atoms with E-state index in [0.29, 0.717) is 0 Å². The lowest BCUT2D eigenvalue weighted by Crippen LogP contribution is -2.39. The molecule has 0 heterocycles. The second kappa shape index (κ2) is 13.1. The summed E-state index contributed by atoms with van der Waals surface area (Å²) in [4.78, 5) is 0. The van der Waals surface area contributed by atoms with Crippen molar-refractivity contribution in [3.63, 3.8) is 0 Å². The summed E-state index contributed by atoms with van der Waals surface area (Å²) in [5.41, 5.74) is -12.4. The minimum Gasteiger partial charge on any atom is -0.421 e. The topological polar surface area (TPSA) is 82.4 Å². The molecule has 0 radical (unpaired) electrons. The molecule has 0 fully saturated rings. The summed E-state index contributed by atoms with van der Waals surface area (Å²) in [5, 5.41) is 0. The van der Waals surface area contributed by atoms with Crippen LogP contribution >= 0.6 is 0 Å². The highest BCUT2D eigenvalue weighted by Gasteiger charge is 2.46. The normalized spacial score (nSPS) is 13.7. The summed E-state index contributed by atoms with van der Waals surface area (Å²) in [6.07, 6.45) is 11.5. The van der Waals surface area contributed by atoms with E-state index in [2.05, 4.69) is 27.9 Å². The highest BCUT2D eigenvalue weighted by Crippen LogP contribution is 2.36. The van der Waals surface area contributed by atoms with Crippen LogP contribution in [0.25, 0.3) is 4.13 Å². The van der Waals surface area contributed by atoms with E-state index in [4.69, 9.17) is 0 Å². The van der Waals surface area contributed by atoms with Crippen LogP contribution in [0.2, 0.25) is 0 Å². The van der Waals surface area contributed by atoms with Crippen LogP contribution in [-0.2, 0) is 20.0 Å². The molecule has 0 aromatic heterocycles. The third-order valence-corrected chi connectivity index (χ3v) is 6.99.